The molecule has 0 radical (unpaired) electrons. The average Bonchev–Trinajstić information content (AvgIpc) is 3.19. The molecule has 6 heteroatoms. The van der Waals surface area contributed by atoms with Crippen LogP contribution < -0.4 is 4.74 Å². The van der Waals surface area contributed by atoms with Crippen LogP contribution in [0.5, 0.6) is 5.75 Å². The Morgan fingerprint density at radius 1 is 1.52 bits per heavy atom. The molecule has 1 saturated carbocycles. The van der Waals surface area contributed by atoms with Crippen LogP contribution in [-0.4, -0.2) is 39.3 Å². The largest absolute Gasteiger partial charge is 0.490 e. The molecule has 6 nitrogen and oxygen atoms in total. The van der Waals surface area contributed by atoms with Crippen molar-refractivity contribution in [1.82, 2.24) is 9.38 Å². The van der Waals surface area contributed by atoms with Gasteiger partial charge in [-0.15, -0.1) is 0 Å². The van der Waals surface area contributed by atoms with Gasteiger partial charge in [-0.2, -0.15) is 0 Å². The summed E-state index contributed by atoms with van der Waals surface area (Å²) in [5.41, 5.74) is 1.86. The molecular weight excluding hydrogens is 296 g/mol. The summed E-state index contributed by atoms with van der Waals surface area (Å²) in [5, 5.41) is 9.43. The van der Waals surface area contributed by atoms with Crippen molar-refractivity contribution >= 4 is 11.6 Å². The maximum atomic E-state index is 11.5. The number of fused-ring (bicyclic) bond motifs is 3. The first-order chi connectivity index (χ1) is 11.0. The van der Waals surface area contributed by atoms with Crippen molar-refractivity contribution in [2.75, 3.05) is 6.61 Å². The fourth-order valence-corrected chi connectivity index (χ4v) is 3.72. The summed E-state index contributed by atoms with van der Waals surface area (Å²) in [4.78, 5) is 16.2. The lowest BCUT2D eigenvalue weighted by atomic mass is 9.85. The third kappa shape index (κ3) is 2.28. The van der Waals surface area contributed by atoms with Gasteiger partial charge in [-0.05, 0) is 33.1 Å². The van der Waals surface area contributed by atoms with Crippen molar-refractivity contribution in [1.29, 1.82) is 0 Å². The van der Waals surface area contributed by atoms with Crippen molar-refractivity contribution in [3.63, 3.8) is 0 Å². The fraction of sp³-hybridized carbons (Fsp3) is 0.529. The molecule has 3 heterocycles. The molecule has 0 aromatic carbocycles. The summed E-state index contributed by atoms with van der Waals surface area (Å²) < 4.78 is 13.2. The molecule has 1 N–H and O–H groups in total. The highest BCUT2D eigenvalue weighted by molar-refractivity contribution is 5.91. The summed E-state index contributed by atoms with van der Waals surface area (Å²) >= 11 is 0. The third-order valence-electron chi connectivity index (χ3n) is 4.85. The van der Waals surface area contributed by atoms with E-state index in [2.05, 4.69) is 0 Å². The van der Waals surface area contributed by atoms with E-state index in [0.29, 0.717) is 24.1 Å². The van der Waals surface area contributed by atoms with Crippen LogP contribution in [0.15, 0.2) is 18.5 Å². The van der Waals surface area contributed by atoms with E-state index >= 15 is 0 Å². The lowest BCUT2D eigenvalue weighted by Crippen LogP contribution is -2.25. The summed E-state index contributed by atoms with van der Waals surface area (Å²) in [5.74, 6) is -0.636. The van der Waals surface area contributed by atoms with Gasteiger partial charge in [-0.1, -0.05) is 0 Å². The molecule has 2 unspecified atom stereocenters. The smallest absolute Gasteiger partial charge is 0.341 e. The minimum Gasteiger partial charge on any atom is -0.490 e. The quantitative estimate of drug-likeness (QED) is 0.938. The second-order valence-electron chi connectivity index (χ2n) is 6.87. The van der Waals surface area contributed by atoms with E-state index in [1.165, 1.54) is 0 Å². The molecule has 2 bridgehead atoms. The number of carboxylic acid groups (broad SMARTS) is 1. The van der Waals surface area contributed by atoms with Crippen LogP contribution in [0.25, 0.3) is 5.65 Å². The van der Waals surface area contributed by atoms with Crippen LogP contribution in [0.2, 0.25) is 0 Å². The fourth-order valence-electron chi connectivity index (χ4n) is 3.72. The minimum atomic E-state index is -0.999. The van der Waals surface area contributed by atoms with Gasteiger partial charge in [-0.25, -0.2) is 9.78 Å². The van der Waals surface area contributed by atoms with Crippen molar-refractivity contribution in [3.05, 3.63) is 29.7 Å². The third-order valence-corrected chi connectivity index (χ3v) is 4.85. The molecule has 23 heavy (non-hydrogen) atoms. The summed E-state index contributed by atoms with van der Waals surface area (Å²) in [6, 6.07) is 1.71. The average molecular weight is 316 g/mol. The van der Waals surface area contributed by atoms with Gasteiger partial charge >= 0.3 is 5.97 Å². The van der Waals surface area contributed by atoms with Crippen LogP contribution in [0.4, 0.5) is 0 Å². The molecule has 1 aliphatic carbocycles. The molecule has 0 spiro atoms. The van der Waals surface area contributed by atoms with E-state index in [0.717, 1.165) is 25.0 Å². The topological polar surface area (TPSA) is 73.1 Å². The number of carboxylic acids is 1. The molecule has 2 atom stereocenters. The molecule has 2 fully saturated rings. The Morgan fingerprint density at radius 3 is 2.91 bits per heavy atom. The van der Waals surface area contributed by atoms with Crippen LogP contribution in [-0.2, 0) is 10.2 Å². The number of aromatic carboxylic acids is 1. The van der Waals surface area contributed by atoms with Gasteiger partial charge in [-0.3, -0.25) is 0 Å². The van der Waals surface area contributed by atoms with Crippen molar-refractivity contribution in [3.8, 4) is 5.75 Å². The summed E-state index contributed by atoms with van der Waals surface area (Å²) in [6.45, 7) is 4.46. The molecule has 0 amide bonds. The van der Waals surface area contributed by atoms with Crippen LogP contribution in [0, 0.1) is 0 Å². The Hall–Kier alpha value is -2.08. The second-order valence-corrected chi connectivity index (χ2v) is 6.87. The van der Waals surface area contributed by atoms with Gasteiger partial charge in [0.05, 0.1) is 24.5 Å². The number of hydrogen-bond donors (Lipinski definition) is 1. The lowest BCUT2D eigenvalue weighted by Gasteiger charge is -2.22. The molecule has 1 saturated heterocycles. The van der Waals surface area contributed by atoms with E-state index in [4.69, 9.17) is 14.5 Å². The van der Waals surface area contributed by atoms with Crippen molar-refractivity contribution < 1.29 is 19.4 Å². The Balaban J connectivity index is 1.80. The lowest BCUT2D eigenvalue weighted by molar-refractivity contribution is 0.0687. The Bertz CT molecular complexity index is 772. The molecule has 2 aromatic heterocycles. The maximum Gasteiger partial charge on any atom is 0.341 e. The van der Waals surface area contributed by atoms with Gasteiger partial charge in [0, 0.05) is 23.9 Å². The highest BCUT2D eigenvalue weighted by Crippen LogP contribution is 2.47. The van der Waals surface area contributed by atoms with E-state index < -0.39 is 5.97 Å². The zero-order valence-corrected chi connectivity index (χ0v) is 13.3. The van der Waals surface area contributed by atoms with Gasteiger partial charge in [0.15, 0.2) is 0 Å². The molecule has 4 rings (SSSR count). The minimum absolute atomic E-state index is 0.000851. The van der Waals surface area contributed by atoms with E-state index in [1.54, 1.807) is 16.7 Å². The predicted molar refractivity (Wildman–Crippen MR) is 83.2 cm³/mol. The standard InChI is InChI=1S/C17H20N2O4/c1-10(2)23-13-5-15-18-14(8-19(15)7-12(13)16(20)21)17-4-3-11(6-17)22-9-17/h5,7-8,10-11H,3-4,6,9H2,1-2H3,(H,20,21). The Kier molecular flexibility index (Phi) is 3.13. The first-order valence-corrected chi connectivity index (χ1v) is 8.02. The summed E-state index contributed by atoms with van der Waals surface area (Å²) in [7, 11) is 0. The molecule has 2 aliphatic rings. The zero-order chi connectivity index (χ0) is 16.2. The monoisotopic (exact) mass is 316 g/mol. The number of pyridine rings is 1. The van der Waals surface area contributed by atoms with E-state index in [-0.39, 0.29) is 17.1 Å². The number of hydrogen-bond acceptors (Lipinski definition) is 4. The number of rotatable bonds is 4. The molecule has 2 aromatic rings. The molecule has 122 valence electrons. The summed E-state index contributed by atoms with van der Waals surface area (Å²) in [6.07, 6.45) is 6.97. The second kappa shape index (κ2) is 4.96. The number of nitrogens with zero attached hydrogens (tertiary/aromatic N) is 2. The first kappa shape index (κ1) is 14.5. The Morgan fingerprint density at radius 2 is 2.35 bits per heavy atom. The van der Waals surface area contributed by atoms with E-state index in [9.17, 15) is 9.90 Å². The van der Waals surface area contributed by atoms with Crippen LogP contribution in [0.1, 0.15) is 49.2 Å². The highest BCUT2D eigenvalue weighted by Gasteiger charge is 2.48. The van der Waals surface area contributed by atoms with Crippen molar-refractivity contribution in [2.45, 2.75) is 50.7 Å². The van der Waals surface area contributed by atoms with E-state index in [1.807, 2.05) is 20.0 Å². The van der Waals surface area contributed by atoms with Gasteiger partial charge in [0.25, 0.3) is 0 Å². The highest BCUT2D eigenvalue weighted by atomic mass is 16.5. The van der Waals surface area contributed by atoms with Crippen LogP contribution >= 0.6 is 0 Å². The molecule has 1 aliphatic heterocycles. The normalized spacial score (nSPS) is 26.3. The number of imidazole rings is 1. The number of aromatic nitrogens is 2. The Labute approximate surface area is 134 Å². The first-order valence-electron chi connectivity index (χ1n) is 8.02. The maximum absolute atomic E-state index is 11.5. The van der Waals surface area contributed by atoms with Gasteiger partial charge < -0.3 is 19.0 Å². The van der Waals surface area contributed by atoms with Gasteiger partial charge in [0.2, 0.25) is 0 Å². The van der Waals surface area contributed by atoms with Crippen molar-refractivity contribution in [2.24, 2.45) is 0 Å². The molecular formula is C17H20N2O4. The SMILES string of the molecule is CC(C)Oc1cc2nc(C34CCC(C3)OC4)cn2cc1C(=O)O. The number of ether oxygens (including phenoxy) is 2. The van der Waals surface area contributed by atoms with Gasteiger partial charge in [0.1, 0.15) is 17.0 Å². The zero-order valence-electron chi connectivity index (χ0n) is 13.3. The van der Waals surface area contributed by atoms with Crippen LogP contribution in [0.3, 0.4) is 0 Å². The number of carbonyl (C=O) groups is 1. The predicted octanol–water partition coefficient (Wildman–Crippen LogP) is 2.64.